The van der Waals surface area contributed by atoms with Crippen LogP contribution in [0.25, 0.3) is 10.1 Å². The van der Waals surface area contributed by atoms with E-state index in [-0.39, 0.29) is 11.6 Å². The van der Waals surface area contributed by atoms with Gasteiger partial charge in [0.15, 0.2) is 11.6 Å². The minimum atomic E-state index is 0.124. The summed E-state index contributed by atoms with van der Waals surface area (Å²) in [5.74, 6) is 1.66. The van der Waals surface area contributed by atoms with Crippen molar-refractivity contribution in [2.75, 3.05) is 19.6 Å². The Balaban J connectivity index is 1.30. The highest BCUT2D eigenvalue weighted by Crippen LogP contribution is 2.36. The molecule has 2 aromatic carbocycles. The molecule has 4 heteroatoms. The van der Waals surface area contributed by atoms with E-state index in [1.165, 1.54) is 25.9 Å². The third-order valence-electron chi connectivity index (χ3n) is 6.56. The number of benzene rings is 2. The molecule has 0 aliphatic carbocycles. The van der Waals surface area contributed by atoms with Crippen molar-refractivity contribution in [3.63, 3.8) is 0 Å². The Kier molecular flexibility index (Phi) is 5.06. The Labute approximate surface area is 175 Å². The van der Waals surface area contributed by atoms with Gasteiger partial charge in [0.2, 0.25) is 0 Å². The lowest BCUT2D eigenvalue weighted by Gasteiger charge is -2.44. The molecule has 1 aromatic heterocycles. The van der Waals surface area contributed by atoms with E-state index in [1.807, 2.05) is 42.5 Å². The number of fused-ring (bicyclic) bond motifs is 4. The zero-order valence-electron chi connectivity index (χ0n) is 16.5. The second-order valence-corrected chi connectivity index (χ2v) is 9.56. The first-order valence-corrected chi connectivity index (χ1v) is 11.3. The molecule has 3 aliphatic rings. The van der Waals surface area contributed by atoms with Crippen LogP contribution in [-0.4, -0.2) is 36.1 Å². The highest BCUT2D eigenvalue weighted by molar-refractivity contribution is 7.20. The molecule has 3 fully saturated rings. The fourth-order valence-corrected chi connectivity index (χ4v) is 5.90. The van der Waals surface area contributed by atoms with Crippen molar-refractivity contribution in [2.45, 2.75) is 25.7 Å². The molecule has 3 nitrogen and oxygen atoms in total. The predicted molar refractivity (Wildman–Crippen MR) is 118 cm³/mol. The summed E-state index contributed by atoms with van der Waals surface area (Å²) < 4.78 is 1.12. The molecule has 148 valence electrons. The van der Waals surface area contributed by atoms with E-state index in [0.29, 0.717) is 18.8 Å². The van der Waals surface area contributed by atoms with Gasteiger partial charge in [0.1, 0.15) is 0 Å². The fraction of sp³-hybridized carbons (Fsp3) is 0.360. The van der Waals surface area contributed by atoms with E-state index in [4.69, 9.17) is 0 Å². The third kappa shape index (κ3) is 3.92. The van der Waals surface area contributed by atoms with Crippen LogP contribution in [0.3, 0.4) is 0 Å². The Bertz CT molecular complexity index is 1050. The van der Waals surface area contributed by atoms with Gasteiger partial charge in [0.25, 0.3) is 0 Å². The summed E-state index contributed by atoms with van der Waals surface area (Å²) in [6.07, 6.45) is 3.57. The molecule has 6 rings (SSSR count). The van der Waals surface area contributed by atoms with Gasteiger partial charge in [-0.1, -0.05) is 36.4 Å². The molecule has 0 unspecified atom stereocenters. The maximum Gasteiger partial charge on any atom is 0.173 e. The van der Waals surface area contributed by atoms with Crippen molar-refractivity contribution in [1.29, 1.82) is 0 Å². The van der Waals surface area contributed by atoms with Crippen LogP contribution in [0.1, 0.15) is 44.9 Å². The quantitative estimate of drug-likeness (QED) is 0.528. The molecular formula is C25H25NO2S. The Morgan fingerprint density at radius 3 is 2.48 bits per heavy atom. The molecule has 0 radical (unpaired) electrons. The van der Waals surface area contributed by atoms with E-state index in [9.17, 15) is 9.59 Å². The largest absolute Gasteiger partial charge is 0.303 e. The number of hydrogen-bond acceptors (Lipinski definition) is 4. The summed E-state index contributed by atoms with van der Waals surface area (Å²) in [6, 6.07) is 17.6. The molecule has 3 saturated heterocycles. The Morgan fingerprint density at radius 1 is 0.966 bits per heavy atom. The standard InChI is InChI=1S/C25H25NO2S/c27-22(19-4-2-1-3-5-19)13-17-6-7-24-20(12-17)15-25(29-24)23(28)14-21-16-26-10-8-18(21)9-11-26/h1-7,12,15,18,21H,8-11,13-14,16H2/t21-/m0/s1. The van der Waals surface area contributed by atoms with Crippen LogP contribution >= 0.6 is 11.3 Å². The summed E-state index contributed by atoms with van der Waals surface area (Å²) in [6.45, 7) is 3.51. The number of piperidine rings is 3. The van der Waals surface area contributed by atoms with Crippen molar-refractivity contribution in [2.24, 2.45) is 11.8 Å². The number of carbonyl (C=O) groups is 2. The van der Waals surface area contributed by atoms with Crippen LogP contribution < -0.4 is 0 Å². The average Bonchev–Trinajstić information content (AvgIpc) is 3.19. The highest BCUT2D eigenvalue weighted by Gasteiger charge is 2.35. The number of thiophene rings is 1. The summed E-state index contributed by atoms with van der Waals surface area (Å²) >= 11 is 1.59. The van der Waals surface area contributed by atoms with Crippen molar-refractivity contribution in [3.8, 4) is 0 Å². The van der Waals surface area contributed by atoms with Gasteiger partial charge in [-0.2, -0.15) is 0 Å². The first kappa shape index (κ1) is 18.7. The third-order valence-corrected chi connectivity index (χ3v) is 7.71. The van der Waals surface area contributed by atoms with E-state index in [2.05, 4.69) is 17.0 Å². The maximum atomic E-state index is 12.9. The van der Waals surface area contributed by atoms with E-state index >= 15 is 0 Å². The SMILES string of the molecule is O=C(Cc1ccc2sc(C(=O)C[C@H]3CN4CCC3CC4)cc2c1)c1ccccc1. The number of hydrogen-bond donors (Lipinski definition) is 0. The summed E-state index contributed by atoms with van der Waals surface area (Å²) in [5, 5.41) is 1.07. The second kappa shape index (κ2) is 7.85. The maximum absolute atomic E-state index is 12.9. The van der Waals surface area contributed by atoms with Gasteiger partial charge < -0.3 is 4.90 Å². The lowest BCUT2D eigenvalue weighted by Crippen LogP contribution is -2.47. The van der Waals surface area contributed by atoms with Crippen LogP contribution in [0.15, 0.2) is 54.6 Å². The molecule has 4 heterocycles. The van der Waals surface area contributed by atoms with Gasteiger partial charge in [0, 0.05) is 29.6 Å². The van der Waals surface area contributed by atoms with Crippen molar-refractivity contribution >= 4 is 33.0 Å². The smallest absolute Gasteiger partial charge is 0.173 e. The molecule has 0 spiro atoms. The molecule has 0 N–H and O–H groups in total. The first-order valence-electron chi connectivity index (χ1n) is 10.5. The van der Waals surface area contributed by atoms with Crippen LogP contribution in [-0.2, 0) is 6.42 Å². The lowest BCUT2D eigenvalue weighted by molar-refractivity contribution is 0.0442. The van der Waals surface area contributed by atoms with Gasteiger partial charge in [-0.15, -0.1) is 11.3 Å². The Hall–Kier alpha value is -2.30. The average molecular weight is 404 g/mol. The van der Waals surface area contributed by atoms with Crippen LogP contribution in [0.5, 0.6) is 0 Å². The van der Waals surface area contributed by atoms with Crippen LogP contribution in [0, 0.1) is 11.8 Å². The minimum Gasteiger partial charge on any atom is -0.303 e. The molecule has 3 aliphatic heterocycles. The summed E-state index contributed by atoms with van der Waals surface area (Å²) in [4.78, 5) is 28.8. The summed E-state index contributed by atoms with van der Waals surface area (Å²) in [7, 11) is 0. The zero-order chi connectivity index (χ0) is 19.8. The molecule has 0 amide bonds. The van der Waals surface area contributed by atoms with Crippen LogP contribution in [0.2, 0.25) is 0 Å². The highest BCUT2D eigenvalue weighted by atomic mass is 32.1. The second-order valence-electron chi connectivity index (χ2n) is 8.47. The normalized spacial score (nSPS) is 23.4. The van der Waals surface area contributed by atoms with E-state index in [1.54, 1.807) is 11.3 Å². The predicted octanol–water partition coefficient (Wildman–Crippen LogP) is 5.24. The number of Topliss-reactive ketones (excluding diaryl/α,β-unsaturated/α-hetero) is 2. The van der Waals surface area contributed by atoms with Gasteiger partial charge in [0.05, 0.1) is 4.88 Å². The Morgan fingerprint density at radius 2 is 1.76 bits per heavy atom. The number of rotatable bonds is 6. The van der Waals surface area contributed by atoms with Gasteiger partial charge >= 0.3 is 0 Å². The number of ketones is 2. The lowest BCUT2D eigenvalue weighted by atomic mass is 9.76. The topological polar surface area (TPSA) is 37.4 Å². The molecular weight excluding hydrogens is 378 g/mol. The molecule has 1 atom stereocenters. The zero-order valence-corrected chi connectivity index (χ0v) is 17.3. The van der Waals surface area contributed by atoms with Crippen molar-refractivity contribution in [1.82, 2.24) is 4.90 Å². The van der Waals surface area contributed by atoms with Gasteiger partial charge in [-0.05, 0) is 66.9 Å². The number of carbonyl (C=O) groups excluding carboxylic acids is 2. The van der Waals surface area contributed by atoms with Gasteiger partial charge in [-0.25, -0.2) is 0 Å². The minimum absolute atomic E-state index is 0.124. The van der Waals surface area contributed by atoms with Gasteiger partial charge in [-0.3, -0.25) is 9.59 Å². The molecule has 3 aromatic rings. The van der Waals surface area contributed by atoms with Crippen LogP contribution in [0.4, 0.5) is 0 Å². The van der Waals surface area contributed by atoms with E-state index in [0.717, 1.165) is 38.6 Å². The van der Waals surface area contributed by atoms with Crippen molar-refractivity contribution < 1.29 is 9.59 Å². The molecule has 2 bridgehead atoms. The monoisotopic (exact) mass is 403 g/mol. The van der Waals surface area contributed by atoms with E-state index < -0.39 is 0 Å². The first-order chi connectivity index (χ1) is 14.2. The fourth-order valence-electron chi connectivity index (χ4n) is 4.91. The van der Waals surface area contributed by atoms with Crippen molar-refractivity contribution in [3.05, 3.63) is 70.6 Å². The summed E-state index contributed by atoms with van der Waals surface area (Å²) in [5.41, 5.74) is 1.74. The molecule has 0 saturated carbocycles. The number of nitrogens with zero attached hydrogens (tertiary/aromatic N) is 1. The molecule has 29 heavy (non-hydrogen) atoms.